The third-order valence-corrected chi connectivity index (χ3v) is 2.30. The van der Waals surface area contributed by atoms with Gasteiger partial charge in [0, 0.05) is 6.54 Å². The summed E-state index contributed by atoms with van der Waals surface area (Å²) < 4.78 is 4.89. The number of carbonyl (C=O) groups is 1. The molecule has 0 atom stereocenters. The van der Waals surface area contributed by atoms with Gasteiger partial charge in [-0.1, -0.05) is 11.6 Å². The maximum Gasteiger partial charge on any atom is 0.340 e. The van der Waals surface area contributed by atoms with Crippen molar-refractivity contribution in [1.82, 2.24) is 4.98 Å². The largest absolute Gasteiger partial charge is 0.462 e. The maximum absolute atomic E-state index is 11.5. The minimum Gasteiger partial charge on any atom is -0.462 e. The predicted molar refractivity (Wildman–Crippen MR) is 57.8 cm³/mol. The zero-order valence-corrected chi connectivity index (χ0v) is 9.47. The first-order chi connectivity index (χ1) is 7.10. The summed E-state index contributed by atoms with van der Waals surface area (Å²) in [6.07, 6.45) is 0. The summed E-state index contributed by atoms with van der Waals surface area (Å²) >= 11 is 5.83. The second-order valence-electron chi connectivity index (χ2n) is 3.01. The number of aryl methyl sites for hydroxylation is 1. The summed E-state index contributed by atoms with van der Waals surface area (Å²) in [4.78, 5) is 15.6. The van der Waals surface area contributed by atoms with Gasteiger partial charge in [0.25, 0.3) is 0 Å². The van der Waals surface area contributed by atoms with Crippen LogP contribution in [0.2, 0.25) is 5.15 Å². The normalized spacial score (nSPS) is 10.1. The van der Waals surface area contributed by atoms with E-state index in [9.17, 15) is 4.79 Å². The quantitative estimate of drug-likeness (QED) is 0.632. The SMILES string of the molecule is CCOC(=O)c1cc(C)c(Cl)nc1CN. The number of hydrogen-bond donors (Lipinski definition) is 1. The molecule has 0 unspecified atom stereocenters. The number of aromatic nitrogens is 1. The number of esters is 1. The topological polar surface area (TPSA) is 65.2 Å². The zero-order valence-electron chi connectivity index (χ0n) is 8.71. The lowest BCUT2D eigenvalue weighted by molar-refractivity contribution is 0.0524. The van der Waals surface area contributed by atoms with E-state index in [0.29, 0.717) is 23.0 Å². The fourth-order valence-electron chi connectivity index (χ4n) is 1.17. The number of halogens is 1. The van der Waals surface area contributed by atoms with Gasteiger partial charge in [-0.3, -0.25) is 0 Å². The molecule has 0 fully saturated rings. The van der Waals surface area contributed by atoms with Crippen molar-refractivity contribution in [2.45, 2.75) is 20.4 Å². The molecule has 0 radical (unpaired) electrons. The van der Waals surface area contributed by atoms with Gasteiger partial charge < -0.3 is 10.5 Å². The van der Waals surface area contributed by atoms with Gasteiger partial charge in [0.1, 0.15) is 5.15 Å². The summed E-state index contributed by atoms with van der Waals surface area (Å²) in [6, 6.07) is 1.65. The van der Waals surface area contributed by atoms with Crippen molar-refractivity contribution < 1.29 is 9.53 Å². The van der Waals surface area contributed by atoms with E-state index in [2.05, 4.69) is 4.98 Å². The summed E-state index contributed by atoms with van der Waals surface area (Å²) in [5, 5.41) is 0.364. The zero-order chi connectivity index (χ0) is 11.4. The van der Waals surface area contributed by atoms with Crippen LogP contribution in [0, 0.1) is 6.92 Å². The molecule has 1 aromatic rings. The van der Waals surface area contributed by atoms with Crippen LogP contribution in [0.4, 0.5) is 0 Å². The van der Waals surface area contributed by atoms with E-state index < -0.39 is 5.97 Å². The molecule has 1 rings (SSSR count). The third kappa shape index (κ3) is 2.67. The highest BCUT2D eigenvalue weighted by Gasteiger charge is 2.14. The molecule has 0 aliphatic heterocycles. The molecule has 0 saturated carbocycles. The van der Waals surface area contributed by atoms with Crippen LogP contribution >= 0.6 is 11.6 Å². The molecule has 0 amide bonds. The summed E-state index contributed by atoms with van der Waals surface area (Å²) in [6.45, 7) is 4.01. The van der Waals surface area contributed by atoms with Crippen LogP contribution in [-0.4, -0.2) is 17.6 Å². The molecule has 0 aromatic carbocycles. The van der Waals surface area contributed by atoms with E-state index in [4.69, 9.17) is 22.1 Å². The lowest BCUT2D eigenvalue weighted by Crippen LogP contribution is -2.13. The molecule has 2 N–H and O–H groups in total. The van der Waals surface area contributed by atoms with E-state index in [1.54, 1.807) is 19.9 Å². The highest BCUT2D eigenvalue weighted by atomic mass is 35.5. The van der Waals surface area contributed by atoms with Crippen molar-refractivity contribution >= 4 is 17.6 Å². The van der Waals surface area contributed by atoms with Crippen LogP contribution in [0.25, 0.3) is 0 Å². The van der Waals surface area contributed by atoms with Crippen molar-refractivity contribution in [2.75, 3.05) is 6.61 Å². The van der Waals surface area contributed by atoms with Crippen LogP contribution in [0.15, 0.2) is 6.07 Å². The van der Waals surface area contributed by atoms with Gasteiger partial charge in [-0.15, -0.1) is 0 Å². The second-order valence-corrected chi connectivity index (χ2v) is 3.37. The first-order valence-electron chi connectivity index (χ1n) is 4.63. The Morgan fingerprint density at radius 3 is 2.87 bits per heavy atom. The molecule has 82 valence electrons. The van der Waals surface area contributed by atoms with E-state index in [0.717, 1.165) is 5.56 Å². The summed E-state index contributed by atoms with van der Waals surface area (Å²) in [5.41, 5.74) is 7.06. The molecule has 0 spiro atoms. The highest BCUT2D eigenvalue weighted by Crippen LogP contribution is 2.17. The van der Waals surface area contributed by atoms with Gasteiger partial charge in [-0.2, -0.15) is 0 Å². The Kier molecular flexibility index (Phi) is 4.05. The van der Waals surface area contributed by atoms with Gasteiger partial charge in [-0.05, 0) is 25.5 Å². The molecule has 5 heteroatoms. The average molecular weight is 229 g/mol. The molecule has 4 nitrogen and oxygen atoms in total. The minimum absolute atomic E-state index is 0.161. The van der Waals surface area contributed by atoms with Crippen LogP contribution < -0.4 is 5.73 Å². The van der Waals surface area contributed by atoms with Crippen molar-refractivity contribution in [2.24, 2.45) is 5.73 Å². The van der Waals surface area contributed by atoms with Crippen LogP contribution in [0.1, 0.15) is 28.5 Å². The molecule has 15 heavy (non-hydrogen) atoms. The van der Waals surface area contributed by atoms with Crippen molar-refractivity contribution in [1.29, 1.82) is 0 Å². The van der Waals surface area contributed by atoms with Crippen molar-refractivity contribution in [3.8, 4) is 0 Å². The van der Waals surface area contributed by atoms with Gasteiger partial charge in [-0.25, -0.2) is 9.78 Å². The highest BCUT2D eigenvalue weighted by molar-refractivity contribution is 6.30. The molecule has 0 aliphatic rings. The Morgan fingerprint density at radius 1 is 1.67 bits per heavy atom. The lowest BCUT2D eigenvalue weighted by Gasteiger charge is -2.08. The van der Waals surface area contributed by atoms with E-state index in [1.165, 1.54) is 0 Å². The number of nitrogens with two attached hydrogens (primary N) is 1. The number of pyridine rings is 1. The van der Waals surface area contributed by atoms with Crippen molar-refractivity contribution in [3.05, 3.63) is 28.0 Å². The van der Waals surface area contributed by atoms with Crippen LogP contribution in [-0.2, 0) is 11.3 Å². The van der Waals surface area contributed by atoms with Crippen LogP contribution in [0.3, 0.4) is 0 Å². The summed E-state index contributed by atoms with van der Waals surface area (Å²) in [5.74, 6) is -0.412. The fourth-order valence-corrected chi connectivity index (χ4v) is 1.32. The van der Waals surface area contributed by atoms with Crippen molar-refractivity contribution in [3.63, 3.8) is 0 Å². The predicted octanol–water partition coefficient (Wildman–Crippen LogP) is 1.68. The average Bonchev–Trinajstić information content (AvgIpc) is 2.21. The van der Waals surface area contributed by atoms with E-state index in [-0.39, 0.29) is 6.54 Å². The molecule has 1 aromatic heterocycles. The Labute approximate surface area is 93.4 Å². The first-order valence-corrected chi connectivity index (χ1v) is 5.01. The molecular weight excluding hydrogens is 216 g/mol. The van der Waals surface area contributed by atoms with Crippen LogP contribution in [0.5, 0.6) is 0 Å². The van der Waals surface area contributed by atoms with E-state index >= 15 is 0 Å². The lowest BCUT2D eigenvalue weighted by atomic mass is 10.1. The van der Waals surface area contributed by atoms with Gasteiger partial charge in [0.15, 0.2) is 0 Å². The standard InChI is InChI=1S/C10H13ClN2O2/c1-3-15-10(14)7-4-6(2)9(11)13-8(7)5-12/h4H,3,5,12H2,1-2H3. The van der Waals surface area contributed by atoms with Gasteiger partial charge in [0.05, 0.1) is 17.9 Å². The molecule has 0 saturated heterocycles. The summed E-state index contributed by atoms with van der Waals surface area (Å²) in [7, 11) is 0. The third-order valence-electron chi connectivity index (χ3n) is 1.92. The maximum atomic E-state index is 11.5. The fraction of sp³-hybridized carbons (Fsp3) is 0.400. The Hall–Kier alpha value is -1.13. The van der Waals surface area contributed by atoms with Gasteiger partial charge in [0.2, 0.25) is 0 Å². The minimum atomic E-state index is -0.412. The Bertz CT molecular complexity index is 380. The Balaban J connectivity index is 3.15. The monoisotopic (exact) mass is 228 g/mol. The molecule has 0 aliphatic carbocycles. The molecular formula is C10H13ClN2O2. The smallest absolute Gasteiger partial charge is 0.340 e. The van der Waals surface area contributed by atoms with E-state index in [1.807, 2.05) is 0 Å². The second kappa shape index (κ2) is 5.09. The molecule has 0 bridgehead atoms. The number of rotatable bonds is 3. The number of nitrogens with zero attached hydrogens (tertiary/aromatic N) is 1. The molecule has 1 heterocycles. The van der Waals surface area contributed by atoms with Gasteiger partial charge >= 0.3 is 5.97 Å². The number of ether oxygens (including phenoxy) is 1. The number of hydrogen-bond acceptors (Lipinski definition) is 4. The number of carbonyl (C=O) groups excluding carboxylic acids is 1. The first kappa shape index (κ1) is 11.9. The Morgan fingerprint density at radius 2 is 2.33 bits per heavy atom.